The van der Waals surface area contributed by atoms with Crippen LogP contribution in [0.5, 0.6) is 0 Å². The number of aromatic nitrogens is 8. The van der Waals surface area contributed by atoms with E-state index < -0.39 is 20.0 Å². The fourth-order valence-corrected chi connectivity index (χ4v) is 10.7. The number of benzene rings is 4. The lowest BCUT2D eigenvalue weighted by Gasteiger charge is -2.24. The minimum atomic E-state index is -3.89. The van der Waals surface area contributed by atoms with E-state index in [1.807, 2.05) is 52.0 Å². The molecule has 0 bridgehead atoms. The summed E-state index contributed by atoms with van der Waals surface area (Å²) in [6.07, 6.45) is 0.475. The molecule has 0 radical (unpaired) electrons. The Morgan fingerprint density at radius 2 is 0.804 bits per heavy atom. The standard InChI is InChI=1S/C38H36N10O4S4/c1-25-5-13-29(14-6-25)45(55(49,50)31-17-9-27(3)10-18-31)23-21-33-39-41-37-47(33)43-35(53-37)36-44-48-34(40-42-38(48)54-36)22-24-46(30-15-7-26(2)8-16-30)56(51,52)32-19-11-28(4)12-20-32/h5-20H,21-24H2,1-4H3. The first-order valence-electron chi connectivity index (χ1n) is 17.6. The molecule has 8 aromatic rings. The molecule has 0 atom stereocenters. The van der Waals surface area contributed by atoms with Crippen LogP contribution in [0.4, 0.5) is 11.4 Å². The first-order valence-corrected chi connectivity index (χ1v) is 22.1. The lowest BCUT2D eigenvalue weighted by atomic mass is 10.2. The Labute approximate surface area is 331 Å². The maximum atomic E-state index is 13.9. The van der Waals surface area contributed by atoms with Gasteiger partial charge in [-0.15, -0.1) is 20.4 Å². The highest BCUT2D eigenvalue weighted by Gasteiger charge is 2.28. The van der Waals surface area contributed by atoms with Crippen molar-refractivity contribution in [2.24, 2.45) is 0 Å². The summed E-state index contributed by atoms with van der Waals surface area (Å²) >= 11 is 2.59. The van der Waals surface area contributed by atoms with E-state index in [9.17, 15) is 16.8 Å². The highest BCUT2D eigenvalue weighted by molar-refractivity contribution is 7.93. The Morgan fingerprint density at radius 1 is 0.482 bits per heavy atom. The van der Waals surface area contributed by atoms with Crippen LogP contribution in [-0.4, -0.2) is 69.5 Å². The first-order chi connectivity index (χ1) is 26.9. The number of rotatable bonds is 13. The van der Waals surface area contributed by atoms with E-state index in [1.54, 1.807) is 81.8 Å². The Bertz CT molecular complexity index is 2680. The van der Waals surface area contributed by atoms with Crippen LogP contribution < -0.4 is 8.61 Å². The molecule has 0 unspecified atom stereocenters. The van der Waals surface area contributed by atoms with Crippen LogP contribution in [0.1, 0.15) is 33.9 Å². The molecule has 4 heterocycles. The molecule has 0 spiro atoms. The summed E-state index contributed by atoms with van der Waals surface area (Å²) in [5.74, 6) is 0.988. The number of fused-ring (bicyclic) bond motifs is 2. The van der Waals surface area contributed by atoms with Gasteiger partial charge >= 0.3 is 0 Å². The predicted octanol–water partition coefficient (Wildman–Crippen LogP) is 6.46. The topological polar surface area (TPSA) is 161 Å². The molecule has 8 rings (SSSR count). The molecule has 18 heteroatoms. The summed E-state index contributed by atoms with van der Waals surface area (Å²) in [6, 6.07) is 28.3. The van der Waals surface area contributed by atoms with Crippen molar-refractivity contribution in [1.82, 2.24) is 39.6 Å². The van der Waals surface area contributed by atoms with Gasteiger partial charge in [0.15, 0.2) is 21.7 Å². The van der Waals surface area contributed by atoms with Crippen LogP contribution in [0.2, 0.25) is 0 Å². The van der Waals surface area contributed by atoms with E-state index in [0.29, 0.717) is 43.0 Å². The zero-order valence-corrected chi connectivity index (χ0v) is 34.1. The molecule has 14 nitrogen and oxygen atoms in total. The molecule has 0 N–H and O–H groups in total. The zero-order valence-electron chi connectivity index (χ0n) is 30.8. The van der Waals surface area contributed by atoms with Crippen molar-refractivity contribution in [3.8, 4) is 10.0 Å². The van der Waals surface area contributed by atoms with Gasteiger partial charge in [-0.1, -0.05) is 93.5 Å². The quantitative estimate of drug-likeness (QED) is 0.126. The number of hydrogen-bond acceptors (Lipinski definition) is 12. The summed E-state index contributed by atoms with van der Waals surface area (Å²) in [7, 11) is -7.79. The molecular weight excluding hydrogens is 789 g/mol. The van der Waals surface area contributed by atoms with Crippen molar-refractivity contribution in [2.45, 2.75) is 50.3 Å². The van der Waals surface area contributed by atoms with Gasteiger partial charge in [-0.2, -0.15) is 19.2 Å². The number of nitrogens with zero attached hydrogens (tertiary/aromatic N) is 10. The second-order valence-corrected chi connectivity index (χ2v) is 19.0. The van der Waals surface area contributed by atoms with Gasteiger partial charge in [0.25, 0.3) is 20.0 Å². The predicted molar refractivity (Wildman–Crippen MR) is 217 cm³/mol. The van der Waals surface area contributed by atoms with Gasteiger partial charge in [0.2, 0.25) is 9.92 Å². The highest BCUT2D eigenvalue weighted by atomic mass is 32.2. The van der Waals surface area contributed by atoms with Crippen LogP contribution in [0.3, 0.4) is 0 Å². The van der Waals surface area contributed by atoms with Crippen molar-refractivity contribution in [3.05, 3.63) is 131 Å². The Kier molecular flexibility index (Phi) is 9.90. The van der Waals surface area contributed by atoms with Gasteiger partial charge in [0, 0.05) is 25.9 Å². The lowest BCUT2D eigenvalue weighted by molar-refractivity contribution is 0.588. The third-order valence-electron chi connectivity index (χ3n) is 9.23. The van der Waals surface area contributed by atoms with Crippen LogP contribution in [0, 0.1) is 27.7 Å². The van der Waals surface area contributed by atoms with Crippen LogP contribution in [0.25, 0.3) is 19.9 Å². The Balaban J connectivity index is 1.04. The molecule has 0 saturated heterocycles. The van der Waals surface area contributed by atoms with Crippen molar-refractivity contribution in [1.29, 1.82) is 0 Å². The summed E-state index contributed by atoms with van der Waals surface area (Å²) in [5, 5.41) is 28.0. The fraction of sp³-hybridized carbons (Fsp3) is 0.211. The van der Waals surface area contributed by atoms with Crippen molar-refractivity contribution in [3.63, 3.8) is 0 Å². The second kappa shape index (κ2) is 14.8. The smallest absolute Gasteiger partial charge is 0.264 e. The summed E-state index contributed by atoms with van der Waals surface area (Å²) in [5.41, 5.74) is 5.05. The maximum Gasteiger partial charge on any atom is 0.264 e. The monoisotopic (exact) mass is 824 g/mol. The molecule has 0 amide bonds. The number of anilines is 2. The van der Waals surface area contributed by atoms with E-state index in [4.69, 9.17) is 10.2 Å². The molecule has 4 aromatic heterocycles. The zero-order chi connectivity index (χ0) is 39.2. The van der Waals surface area contributed by atoms with E-state index >= 15 is 0 Å². The van der Waals surface area contributed by atoms with Crippen molar-refractivity contribution >= 4 is 64.0 Å². The van der Waals surface area contributed by atoms with E-state index in [2.05, 4.69) is 20.4 Å². The SMILES string of the molecule is Cc1ccc(N(CCc2nnc3sc(-c4nn5c(CCN(c6ccc(C)cc6)S(=O)(=O)c6ccc(C)cc6)nnc5s4)nn23)S(=O)(=O)c2ccc(C)cc2)cc1. The van der Waals surface area contributed by atoms with E-state index in [0.717, 1.165) is 22.3 Å². The van der Waals surface area contributed by atoms with Gasteiger partial charge in [0.1, 0.15) is 0 Å². The number of hydrogen-bond donors (Lipinski definition) is 0. The number of aryl methyl sites for hydroxylation is 4. The molecule has 286 valence electrons. The normalized spacial score (nSPS) is 12.1. The van der Waals surface area contributed by atoms with Crippen molar-refractivity contribution in [2.75, 3.05) is 21.7 Å². The van der Waals surface area contributed by atoms with Crippen LogP contribution in [-0.2, 0) is 32.9 Å². The van der Waals surface area contributed by atoms with Gasteiger partial charge in [-0.25, -0.2) is 16.8 Å². The van der Waals surface area contributed by atoms with Gasteiger partial charge in [-0.05, 0) is 76.2 Å². The first kappa shape index (κ1) is 37.4. The number of sulfonamides is 2. The van der Waals surface area contributed by atoms with Crippen LogP contribution >= 0.6 is 22.7 Å². The lowest BCUT2D eigenvalue weighted by Crippen LogP contribution is -2.33. The third-order valence-corrected chi connectivity index (χ3v) is 14.9. The summed E-state index contributed by atoms with van der Waals surface area (Å²) in [6.45, 7) is 7.93. The summed E-state index contributed by atoms with van der Waals surface area (Å²) < 4.78 is 61.8. The third kappa shape index (κ3) is 7.27. The Hall–Kier alpha value is -5.56. The average molecular weight is 825 g/mol. The molecular formula is C38H36N10O4S4. The largest absolute Gasteiger partial charge is 0.266 e. The molecule has 0 aliphatic rings. The Morgan fingerprint density at radius 3 is 1.14 bits per heavy atom. The molecule has 56 heavy (non-hydrogen) atoms. The average Bonchev–Trinajstić information content (AvgIpc) is 3.96. The minimum Gasteiger partial charge on any atom is -0.266 e. The van der Waals surface area contributed by atoms with Gasteiger partial charge < -0.3 is 0 Å². The minimum absolute atomic E-state index is 0.103. The molecule has 0 aliphatic heterocycles. The van der Waals surface area contributed by atoms with E-state index in [-0.39, 0.29) is 35.7 Å². The molecule has 0 aliphatic carbocycles. The van der Waals surface area contributed by atoms with Crippen LogP contribution in [0.15, 0.2) is 107 Å². The van der Waals surface area contributed by atoms with E-state index in [1.165, 1.54) is 31.3 Å². The van der Waals surface area contributed by atoms with Gasteiger partial charge in [0.05, 0.1) is 21.2 Å². The molecule has 0 saturated carbocycles. The second-order valence-electron chi connectivity index (χ2n) is 13.4. The molecule has 0 fully saturated rings. The summed E-state index contributed by atoms with van der Waals surface area (Å²) in [4.78, 5) is 1.45. The van der Waals surface area contributed by atoms with Crippen molar-refractivity contribution < 1.29 is 16.8 Å². The highest BCUT2D eigenvalue weighted by Crippen LogP contribution is 2.31. The fourth-order valence-electron chi connectivity index (χ4n) is 6.08. The molecule has 4 aromatic carbocycles. The van der Waals surface area contributed by atoms with Gasteiger partial charge in [-0.3, -0.25) is 8.61 Å². The maximum absolute atomic E-state index is 13.9.